The summed E-state index contributed by atoms with van der Waals surface area (Å²) in [6.45, 7) is 6.23. The standard InChI is InChI=1S/C31H44N4O7.CH3/c1-20(32-25(36)19-35-14-16-42-17-15-35)29(39)34-26(27(37)22-8-10-23(41-3)11-9-22)30(40)33-24(18-21-6-4-5-7-21)28(38)31(2)12-13-31;/h6,8-11,20,24,26-27,37H,4-5,7,12-19H2,1-3H3,(H,32,36)(H,33,40)(H,34,39);1H3/q;-1/p+1/t20-,24-,26-,27+;/m0./s1. The average Bonchev–Trinajstić information content (AvgIpc) is 3.53. The van der Waals surface area contributed by atoms with E-state index in [1.54, 1.807) is 24.3 Å². The zero-order chi connectivity index (χ0) is 30.3. The highest BCUT2D eigenvalue weighted by molar-refractivity contribution is 5.97. The number of benzene rings is 1. The predicted octanol–water partition coefficient (Wildman–Crippen LogP) is 0.438. The van der Waals surface area contributed by atoms with Crippen LogP contribution >= 0.6 is 0 Å². The number of aliphatic hydroxyl groups is 1. The van der Waals surface area contributed by atoms with Gasteiger partial charge in [0.2, 0.25) is 11.8 Å². The molecule has 0 spiro atoms. The van der Waals surface area contributed by atoms with Gasteiger partial charge in [-0.05, 0) is 63.1 Å². The van der Waals surface area contributed by atoms with Gasteiger partial charge in [0.15, 0.2) is 12.3 Å². The van der Waals surface area contributed by atoms with Crippen LogP contribution in [0.15, 0.2) is 35.9 Å². The summed E-state index contributed by atoms with van der Waals surface area (Å²) in [5.74, 6) is -1.03. The maximum absolute atomic E-state index is 13.8. The van der Waals surface area contributed by atoms with Gasteiger partial charge in [-0.25, -0.2) is 0 Å². The minimum Gasteiger partial charge on any atom is -0.497 e. The highest BCUT2D eigenvalue weighted by Crippen LogP contribution is 2.47. The van der Waals surface area contributed by atoms with Crippen molar-refractivity contribution in [1.82, 2.24) is 16.0 Å². The van der Waals surface area contributed by atoms with E-state index >= 15 is 0 Å². The number of Topliss-reactive ketones (excluding diaryl/α,β-unsaturated/α-hetero) is 1. The molecule has 1 aromatic rings. The molecule has 43 heavy (non-hydrogen) atoms. The maximum atomic E-state index is 13.8. The molecule has 1 heterocycles. The monoisotopic (exact) mass is 600 g/mol. The van der Waals surface area contributed by atoms with Gasteiger partial charge in [-0.15, -0.1) is 0 Å². The number of ether oxygens (including phenoxy) is 2. The second-order valence-electron chi connectivity index (χ2n) is 12.0. The number of methoxy groups -OCH3 is 1. The van der Waals surface area contributed by atoms with Gasteiger partial charge < -0.3 is 42.9 Å². The van der Waals surface area contributed by atoms with Crippen LogP contribution in [0.25, 0.3) is 0 Å². The highest BCUT2D eigenvalue weighted by Gasteiger charge is 2.48. The molecule has 2 fully saturated rings. The van der Waals surface area contributed by atoms with Crippen molar-refractivity contribution in [2.45, 2.75) is 76.6 Å². The predicted molar refractivity (Wildman–Crippen MR) is 161 cm³/mol. The van der Waals surface area contributed by atoms with Crippen molar-refractivity contribution in [1.29, 1.82) is 0 Å². The van der Waals surface area contributed by atoms with Crippen LogP contribution < -0.4 is 25.6 Å². The minimum atomic E-state index is -1.42. The number of hydrogen-bond acceptors (Lipinski definition) is 7. The van der Waals surface area contributed by atoms with Gasteiger partial charge in [0.1, 0.15) is 37.0 Å². The molecule has 0 aromatic heterocycles. The molecule has 3 amide bonds. The topological polar surface area (TPSA) is 148 Å². The van der Waals surface area contributed by atoms with Gasteiger partial charge in [-0.2, -0.15) is 0 Å². The number of nitrogens with one attached hydrogen (secondary N) is 4. The molecule has 238 valence electrons. The van der Waals surface area contributed by atoms with Crippen LogP contribution in [0.4, 0.5) is 0 Å². The summed E-state index contributed by atoms with van der Waals surface area (Å²) in [5.41, 5.74) is 1.05. The Hall–Kier alpha value is -3.28. The summed E-state index contributed by atoms with van der Waals surface area (Å²) in [4.78, 5) is 54.1. The molecule has 1 saturated heterocycles. The van der Waals surface area contributed by atoms with Crippen LogP contribution in [0.5, 0.6) is 5.75 Å². The SMILES string of the molecule is COc1ccc([C@@H](O)[C@H](NC(=O)[C@H](C)NC(=O)C[NH+]2CCOCC2)C(=O)N[C@@H](CC2=CCCC2)C(=O)C2(C)CC2)cc1.[CH3-]. The van der Waals surface area contributed by atoms with Crippen molar-refractivity contribution in [3.05, 3.63) is 48.9 Å². The lowest BCUT2D eigenvalue weighted by Gasteiger charge is -2.29. The summed E-state index contributed by atoms with van der Waals surface area (Å²) in [5, 5.41) is 19.5. The number of rotatable bonds is 14. The normalized spacial score (nSPS) is 20.3. The van der Waals surface area contributed by atoms with Gasteiger partial charge >= 0.3 is 0 Å². The van der Waals surface area contributed by atoms with Crippen LogP contribution in [-0.2, 0) is 23.9 Å². The first-order valence-corrected chi connectivity index (χ1v) is 15.0. The maximum Gasteiger partial charge on any atom is 0.275 e. The highest BCUT2D eigenvalue weighted by atomic mass is 16.5. The number of carbonyl (C=O) groups excluding carboxylic acids is 4. The van der Waals surface area contributed by atoms with Crippen molar-refractivity contribution in [2.75, 3.05) is 40.0 Å². The van der Waals surface area contributed by atoms with E-state index < -0.39 is 41.5 Å². The smallest absolute Gasteiger partial charge is 0.275 e. The van der Waals surface area contributed by atoms with Gasteiger partial charge in [0, 0.05) is 5.41 Å². The first kappa shape index (κ1) is 34.2. The second kappa shape index (κ2) is 15.4. The molecule has 11 nitrogen and oxygen atoms in total. The lowest BCUT2D eigenvalue weighted by atomic mass is 9.91. The fourth-order valence-electron chi connectivity index (χ4n) is 5.49. The Labute approximate surface area is 254 Å². The molecule has 1 aliphatic heterocycles. The van der Waals surface area contributed by atoms with Crippen LogP contribution in [-0.4, -0.2) is 86.7 Å². The first-order chi connectivity index (χ1) is 20.1. The molecule has 11 heteroatoms. The van der Waals surface area contributed by atoms with E-state index in [0.717, 1.165) is 42.6 Å². The molecule has 0 radical (unpaired) electrons. The summed E-state index contributed by atoms with van der Waals surface area (Å²) >= 11 is 0. The lowest BCUT2D eigenvalue weighted by Crippen LogP contribution is -3.15. The van der Waals surface area contributed by atoms with Gasteiger partial charge in [0.25, 0.3) is 5.91 Å². The Morgan fingerprint density at radius 2 is 1.72 bits per heavy atom. The summed E-state index contributed by atoms with van der Waals surface area (Å²) < 4.78 is 10.5. The van der Waals surface area contributed by atoms with E-state index in [1.165, 1.54) is 14.0 Å². The minimum absolute atomic E-state index is 0. The molecule has 1 saturated carbocycles. The number of aliphatic hydroxyl groups excluding tert-OH is 1. The molecule has 1 aromatic carbocycles. The van der Waals surface area contributed by atoms with Crippen molar-refractivity contribution in [3.63, 3.8) is 0 Å². The van der Waals surface area contributed by atoms with E-state index in [4.69, 9.17) is 9.47 Å². The van der Waals surface area contributed by atoms with E-state index in [1.807, 2.05) is 6.92 Å². The van der Waals surface area contributed by atoms with Crippen molar-refractivity contribution >= 4 is 23.5 Å². The average molecular weight is 601 g/mol. The Morgan fingerprint density at radius 3 is 2.30 bits per heavy atom. The Bertz CT molecular complexity index is 1160. The Kier molecular flexibility index (Phi) is 12.3. The molecule has 3 aliphatic rings. The summed E-state index contributed by atoms with van der Waals surface area (Å²) in [7, 11) is 1.52. The number of quaternary nitrogens is 1. The van der Waals surface area contributed by atoms with Crippen LogP contribution in [0.1, 0.15) is 64.0 Å². The lowest BCUT2D eigenvalue weighted by molar-refractivity contribution is -0.900. The summed E-state index contributed by atoms with van der Waals surface area (Å²) in [6.07, 6.45) is 5.52. The molecule has 2 aliphatic carbocycles. The Balaban J connectivity index is 0.00000506. The third kappa shape index (κ3) is 9.35. The number of hydrogen-bond donors (Lipinski definition) is 5. The molecular weight excluding hydrogens is 552 g/mol. The van der Waals surface area contributed by atoms with Gasteiger partial charge in [0.05, 0.1) is 26.4 Å². The third-order valence-corrected chi connectivity index (χ3v) is 8.56. The number of allylic oxidation sites excluding steroid dienone is 1. The second-order valence-corrected chi connectivity index (χ2v) is 12.0. The quantitative estimate of drug-likeness (QED) is 0.154. The van der Waals surface area contributed by atoms with Crippen molar-refractivity contribution in [2.24, 2.45) is 5.41 Å². The fraction of sp³-hybridized carbons (Fsp3) is 0.594. The number of ketones is 1. The van der Waals surface area contributed by atoms with E-state index in [2.05, 4.69) is 22.0 Å². The van der Waals surface area contributed by atoms with Crippen LogP contribution in [0, 0.1) is 12.8 Å². The van der Waals surface area contributed by atoms with E-state index in [-0.39, 0.29) is 25.7 Å². The van der Waals surface area contributed by atoms with E-state index in [0.29, 0.717) is 44.0 Å². The largest absolute Gasteiger partial charge is 0.497 e. The van der Waals surface area contributed by atoms with Crippen molar-refractivity contribution in [3.8, 4) is 5.75 Å². The van der Waals surface area contributed by atoms with Crippen molar-refractivity contribution < 1.29 is 38.7 Å². The number of amides is 3. The molecule has 0 bridgehead atoms. The van der Waals surface area contributed by atoms with Gasteiger partial charge in [-0.1, -0.05) is 30.7 Å². The molecule has 5 N–H and O–H groups in total. The summed E-state index contributed by atoms with van der Waals surface area (Å²) in [6, 6.07) is 3.41. The van der Waals surface area contributed by atoms with Crippen LogP contribution in [0.2, 0.25) is 0 Å². The molecule has 4 atom stereocenters. The van der Waals surface area contributed by atoms with E-state index in [9.17, 15) is 24.3 Å². The number of carbonyl (C=O) groups is 4. The fourth-order valence-corrected chi connectivity index (χ4v) is 5.49. The molecular formula is C32H48N4O7. The molecule has 0 unspecified atom stereocenters. The molecule has 4 rings (SSSR count). The number of morpholine rings is 1. The zero-order valence-electron chi connectivity index (χ0n) is 25.9. The first-order valence-electron chi connectivity index (χ1n) is 15.0. The third-order valence-electron chi connectivity index (χ3n) is 8.56. The Morgan fingerprint density at radius 1 is 1.05 bits per heavy atom. The van der Waals surface area contributed by atoms with Crippen LogP contribution in [0.3, 0.4) is 0 Å². The zero-order valence-corrected chi connectivity index (χ0v) is 25.9. The van der Waals surface area contributed by atoms with Gasteiger partial charge in [-0.3, -0.25) is 19.2 Å².